The third-order valence-corrected chi connectivity index (χ3v) is 6.67. The summed E-state index contributed by atoms with van der Waals surface area (Å²) in [4.78, 5) is 17.1. The van der Waals surface area contributed by atoms with Crippen LogP contribution in [0.3, 0.4) is 0 Å². The number of rotatable bonds is 6. The molecule has 2 heterocycles. The Hall–Kier alpha value is -1.81. The Balaban J connectivity index is 1.61. The summed E-state index contributed by atoms with van der Waals surface area (Å²) < 4.78 is 0. The Labute approximate surface area is 163 Å². The first-order chi connectivity index (χ1) is 12.6. The molecule has 0 bridgehead atoms. The zero-order valence-corrected chi connectivity index (χ0v) is 16.8. The van der Waals surface area contributed by atoms with Gasteiger partial charge in [0.05, 0.1) is 5.56 Å². The number of nitriles is 1. The number of fused-ring (bicyclic) bond motifs is 1. The molecule has 1 aliphatic heterocycles. The van der Waals surface area contributed by atoms with Gasteiger partial charge >= 0.3 is 0 Å². The summed E-state index contributed by atoms with van der Waals surface area (Å²) in [7, 11) is 0. The summed E-state index contributed by atoms with van der Waals surface area (Å²) in [5.41, 5.74) is 1.79. The zero-order chi connectivity index (χ0) is 18.5. The summed E-state index contributed by atoms with van der Waals surface area (Å²) in [6.45, 7) is 6.22. The summed E-state index contributed by atoms with van der Waals surface area (Å²) >= 11 is 3.23. The highest BCUT2D eigenvalue weighted by atomic mass is 32.2. The van der Waals surface area contributed by atoms with Crippen LogP contribution >= 0.6 is 23.1 Å². The van der Waals surface area contributed by atoms with Crippen LogP contribution in [0.2, 0.25) is 0 Å². The second-order valence-electron chi connectivity index (χ2n) is 6.59. The lowest BCUT2D eigenvalue weighted by Gasteiger charge is -2.30. The van der Waals surface area contributed by atoms with Crippen LogP contribution in [-0.2, 0) is 17.8 Å². The number of carbonyl (C=O) groups is 1. The van der Waals surface area contributed by atoms with Gasteiger partial charge in [-0.1, -0.05) is 18.2 Å². The minimum atomic E-state index is -0.0238. The van der Waals surface area contributed by atoms with Crippen LogP contribution in [0.15, 0.2) is 35.2 Å². The molecule has 0 aliphatic carbocycles. The molecule has 0 fully saturated rings. The molecule has 1 aliphatic rings. The average Bonchev–Trinajstić information content (AvgIpc) is 2.98. The average molecular weight is 386 g/mol. The molecular formula is C20H23N3OS2. The van der Waals surface area contributed by atoms with Gasteiger partial charge in [0.25, 0.3) is 0 Å². The molecule has 1 N–H and O–H groups in total. The second-order valence-corrected chi connectivity index (χ2v) is 8.87. The molecule has 6 heteroatoms. The SMILES string of the molecule is CC(C)N1CCc2c(sc(NC(=O)CCSc3ccccc3)c2C#N)C1. The van der Waals surface area contributed by atoms with Gasteiger partial charge in [-0.25, -0.2) is 0 Å². The van der Waals surface area contributed by atoms with Gasteiger partial charge in [-0.2, -0.15) is 5.26 Å². The molecule has 3 rings (SSSR count). The topological polar surface area (TPSA) is 56.1 Å². The standard InChI is InChI=1S/C20H23N3OS2/c1-14(2)23-10-8-16-17(12-21)20(26-18(16)13-23)22-19(24)9-11-25-15-6-4-3-5-7-15/h3-7,14H,8-11,13H2,1-2H3,(H,22,24). The lowest BCUT2D eigenvalue weighted by molar-refractivity contribution is -0.115. The van der Waals surface area contributed by atoms with Gasteiger partial charge in [0.2, 0.25) is 5.91 Å². The highest BCUT2D eigenvalue weighted by Crippen LogP contribution is 2.37. The van der Waals surface area contributed by atoms with Crippen molar-refractivity contribution in [1.82, 2.24) is 4.90 Å². The van der Waals surface area contributed by atoms with Gasteiger partial charge in [0.15, 0.2) is 0 Å². The minimum Gasteiger partial charge on any atom is -0.317 e. The monoisotopic (exact) mass is 385 g/mol. The van der Waals surface area contributed by atoms with Gasteiger partial charge in [-0.3, -0.25) is 9.69 Å². The number of thiophene rings is 1. The zero-order valence-electron chi connectivity index (χ0n) is 15.1. The van der Waals surface area contributed by atoms with Gasteiger partial charge < -0.3 is 5.32 Å². The highest BCUT2D eigenvalue weighted by molar-refractivity contribution is 7.99. The Morgan fingerprint density at radius 1 is 1.38 bits per heavy atom. The van der Waals surface area contributed by atoms with Crippen LogP contribution < -0.4 is 5.32 Å². The summed E-state index contributed by atoms with van der Waals surface area (Å²) in [6, 6.07) is 12.9. The van der Waals surface area contributed by atoms with E-state index in [4.69, 9.17) is 0 Å². The van der Waals surface area contributed by atoms with Crippen molar-refractivity contribution in [2.24, 2.45) is 0 Å². The van der Waals surface area contributed by atoms with Crippen molar-refractivity contribution in [3.05, 3.63) is 46.3 Å². The molecule has 2 aromatic rings. The molecule has 136 valence electrons. The molecule has 0 atom stereocenters. The lowest BCUT2D eigenvalue weighted by atomic mass is 10.0. The van der Waals surface area contributed by atoms with E-state index in [9.17, 15) is 10.1 Å². The number of carbonyl (C=O) groups excluding carboxylic acids is 1. The van der Waals surface area contributed by atoms with E-state index in [0.29, 0.717) is 18.0 Å². The molecular weight excluding hydrogens is 362 g/mol. The molecule has 0 radical (unpaired) electrons. The smallest absolute Gasteiger partial charge is 0.225 e. The number of amides is 1. The Bertz CT molecular complexity index is 808. The van der Waals surface area contributed by atoms with E-state index in [-0.39, 0.29) is 5.91 Å². The van der Waals surface area contributed by atoms with E-state index in [1.807, 2.05) is 30.3 Å². The first-order valence-corrected chi connectivity index (χ1v) is 10.6. The van der Waals surface area contributed by atoms with Crippen molar-refractivity contribution in [2.75, 3.05) is 17.6 Å². The van der Waals surface area contributed by atoms with Gasteiger partial charge in [-0.15, -0.1) is 23.1 Å². The normalized spacial score (nSPS) is 14.1. The largest absolute Gasteiger partial charge is 0.317 e. The fraction of sp³-hybridized carbons (Fsp3) is 0.400. The molecule has 1 aromatic carbocycles. The van der Waals surface area contributed by atoms with Gasteiger partial charge in [-0.05, 0) is 38.0 Å². The quantitative estimate of drug-likeness (QED) is 0.744. The maximum atomic E-state index is 12.3. The number of benzene rings is 1. The van der Waals surface area contributed by atoms with Crippen LogP contribution in [0.25, 0.3) is 0 Å². The van der Waals surface area contributed by atoms with Crippen molar-refractivity contribution < 1.29 is 4.79 Å². The minimum absolute atomic E-state index is 0.0238. The van der Waals surface area contributed by atoms with E-state index in [1.54, 1.807) is 23.1 Å². The number of anilines is 1. The van der Waals surface area contributed by atoms with E-state index < -0.39 is 0 Å². The number of nitrogens with one attached hydrogen (secondary N) is 1. The summed E-state index contributed by atoms with van der Waals surface area (Å²) in [5.74, 6) is 0.702. The van der Waals surface area contributed by atoms with Crippen molar-refractivity contribution in [3.63, 3.8) is 0 Å². The fourth-order valence-electron chi connectivity index (χ4n) is 3.04. The van der Waals surface area contributed by atoms with Crippen molar-refractivity contribution in [2.45, 2.75) is 44.2 Å². The summed E-state index contributed by atoms with van der Waals surface area (Å²) in [5, 5.41) is 13.3. The fourth-order valence-corrected chi connectivity index (χ4v) is 5.15. The maximum Gasteiger partial charge on any atom is 0.225 e. The van der Waals surface area contributed by atoms with Crippen LogP contribution in [0.4, 0.5) is 5.00 Å². The first kappa shape index (κ1) is 19.0. The number of thioether (sulfide) groups is 1. The van der Waals surface area contributed by atoms with Crippen LogP contribution in [0.5, 0.6) is 0 Å². The molecule has 0 unspecified atom stereocenters. The third-order valence-electron chi connectivity index (χ3n) is 4.52. The molecule has 1 amide bonds. The molecule has 0 saturated carbocycles. The molecule has 4 nitrogen and oxygen atoms in total. The molecule has 0 saturated heterocycles. The molecule has 1 aromatic heterocycles. The third kappa shape index (κ3) is 4.47. The van der Waals surface area contributed by atoms with Crippen molar-refractivity contribution >= 4 is 34.0 Å². The predicted octanol–water partition coefficient (Wildman–Crippen LogP) is 4.51. The van der Waals surface area contributed by atoms with Crippen molar-refractivity contribution in [1.29, 1.82) is 5.26 Å². The van der Waals surface area contributed by atoms with E-state index in [1.165, 1.54) is 9.77 Å². The Morgan fingerprint density at radius 2 is 2.15 bits per heavy atom. The second kappa shape index (κ2) is 8.72. The summed E-state index contributed by atoms with van der Waals surface area (Å²) in [6.07, 6.45) is 1.32. The number of hydrogen-bond donors (Lipinski definition) is 1. The lowest BCUT2D eigenvalue weighted by Crippen LogP contribution is -2.35. The van der Waals surface area contributed by atoms with E-state index in [2.05, 4.69) is 30.1 Å². The van der Waals surface area contributed by atoms with E-state index >= 15 is 0 Å². The van der Waals surface area contributed by atoms with Crippen molar-refractivity contribution in [3.8, 4) is 6.07 Å². The molecule has 26 heavy (non-hydrogen) atoms. The van der Waals surface area contributed by atoms with Crippen LogP contribution in [0, 0.1) is 11.3 Å². The van der Waals surface area contributed by atoms with Gasteiger partial charge in [0, 0.05) is 41.1 Å². The number of hydrogen-bond acceptors (Lipinski definition) is 5. The Kier molecular flexibility index (Phi) is 6.36. The Morgan fingerprint density at radius 3 is 2.85 bits per heavy atom. The highest BCUT2D eigenvalue weighted by Gasteiger charge is 2.26. The molecule has 0 spiro atoms. The predicted molar refractivity (Wildman–Crippen MR) is 109 cm³/mol. The van der Waals surface area contributed by atoms with E-state index in [0.717, 1.165) is 35.8 Å². The van der Waals surface area contributed by atoms with Crippen LogP contribution in [-0.4, -0.2) is 29.1 Å². The first-order valence-electron chi connectivity index (χ1n) is 8.85. The van der Waals surface area contributed by atoms with Gasteiger partial charge in [0.1, 0.15) is 11.1 Å². The van der Waals surface area contributed by atoms with Crippen LogP contribution in [0.1, 0.15) is 36.3 Å². The maximum absolute atomic E-state index is 12.3. The number of nitrogens with zero attached hydrogens (tertiary/aromatic N) is 2.